The lowest BCUT2D eigenvalue weighted by molar-refractivity contribution is 0.604. The fourth-order valence-electron chi connectivity index (χ4n) is 1.98. The van der Waals surface area contributed by atoms with E-state index in [9.17, 15) is 0 Å². The minimum Gasteiger partial charge on any atom is -0.372 e. The van der Waals surface area contributed by atoms with Crippen LogP contribution in [0.3, 0.4) is 0 Å². The maximum absolute atomic E-state index is 4.80. The maximum Gasteiger partial charge on any atom is 0.171 e. The molecular formula is C16H22IN3S. The Balaban J connectivity index is 2.54. The molecule has 0 bridgehead atoms. The molecule has 3 nitrogen and oxygen atoms in total. The Kier molecular flexibility index (Phi) is 4.92. The Labute approximate surface area is 144 Å². The maximum atomic E-state index is 4.80. The molecule has 2 rings (SSSR count). The van der Waals surface area contributed by atoms with Crippen LogP contribution in [-0.2, 0) is 5.41 Å². The summed E-state index contributed by atoms with van der Waals surface area (Å²) in [6.45, 7) is 11.0. The van der Waals surface area contributed by atoms with Gasteiger partial charge in [-0.25, -0.2) is 9.97 Å². The standard InChI is InChI=1S/C16H22IN3S/c1-9(2)13-12(17)15(18-6)20-14(19-13)10-7-8-11(21-10)16(3,4)5/h7-9H,1-6H3,(H,18,19,20). The molecule has 0 aliphatic rings. The molecule has 0 unspecified atom stereocenters. The van der Waals surface area contributed by atoms with Crippen LogP contribution in [0.5, 0.6) is 0 Å². The molecule has 0 radical (unpaired) electrons. The summed E-state index contributed by atoms with van der Waals surface area (Å²) in [5, 5.41) is 3.18. The third kappa shape index (κ3) is 3.56. The Hall–Kier alpha value is -0.690. The molecule has 0 saturated heterocycles. The molecule has 0 amide bonds. The highest BCUT2D eigenvalue weighted by Gasteiger charge is 2.19. The minimum absolute atomic E-state index is 0.166. The third-order valence-corrected chi connectivity index (χ3v) is 5.80. The van der Waals surface area contributed by atoms with Gasteiger partial charge in [0.15, 0.2) is 5.82 Å². The van der Waals surface area contributed by atoms with Crippen molar-refractivity contribution in [2.45, 2.75) is 46.0 Å². The van der Waals surface area contributed by atoms with E-state index in [0.29, 0.717) is 5.92 Å². The lowest BCUT2D eigenvalue weighted by atomic mass is 9.95. The van der Waals surface area contributed by atoms with Gasteiger partial charge < -0.3 is 5.32 Å². The van der Waals surface area contributed by atoms with Crippen molar-refractivity contribution in [1.29, 1.82) is 0 Å². The lowest BCUT2D eigenvalue weighted by Crippen LogP contribution is -2.08. The summed E-state index contributed by atoms with van der Waals surface area (Å²) in [4.78, 5) is 12.0. The Morgan fingerprint density at radius 1 is 1.19 bits per heavy atom. The van der Waals surface area contributed by atoms with Crippen LogP contribution in [0, 0.1) is 3.57 Å². The highest BCUT2D eigenvalue weighted by atomic mass is 127. The van der Waals surface area contributed by atoms with E-state index in [0.717, 1.165) is 25.8 Å². The zero-order chi connectivity index (χ0) is 15.8. The summed E-state index contributed by atoms with van der Waals surface area (Å²) in [6.07, 6.45) is 0. The Morgan fingerprint density at radius 2 is 1.86 bits per heavy atom. The first-order chi connectivity index (χ1) is 9.74. The number of nitrogens with zero attached hydrogens (tertiary/aromatic N) is 2. The molecule has 1 N–H and O–H groups in total. The number of aromatic nitrogens is 2. The van der Waals surface area contributed by atoms with E-state index in [-0.39, 0.29) is 5.41 Å². The highest BCUT2D eigenvalue weighted by Crippen LogP contribution is 2.35. The number of halogens is 1. The van der Waals surface area contributed by atoms with Crippen molar-refractivity contribution in [3.63, 3.8) is 0 Å². The number of hydrogen-bond donors (Lipinski definition) is 1. The number of nitrogens with one attached hydrogen (secondary N) is 1. The predicted molar refractivity (Wildman–Crippen MR) is 100 cm³/mol. The second-order valence-corrected chi connectivity index (χ2v) is 8.58. The lowest BCUT2D eigenvalue weighted by Gasteiger charge is -2.15. The molecule has 0 atom stereocenters. The topological polar surface area (TPSA) is 37.8 Å². The van der Waals surface area contributed by atoms with E-state index in [2.05, 4.69) is 79.6 Å². The van der Waals surface area contributed by atoms with Crippen LogP contribution in [0.2, 0.25) is 0 Å². The average Bonchev–Trinajstić information content (AvgIpc) is 2.88. The van der Waals surface area contributed by atoms with Gasteiger partial charge in [0.25, 0.3) is 0 Å². The van der Waals surface area contributed by atoms with E-state index < -0.39 is 0 Å². The zero-order valence-corrected chi connectivity index (χ0v) is 16.4. The van der Waals surface area contributed by atoms with Crippen LogP contribution in [0.15, 0.2) is 12.1 Å². The molecule has 2 aromatic rings. The van der Waals surface area contributed by atoms with E-state index in [1.54, 1.807) is 11.3 Å². The molecule has 0 aliphatic heterocycles. The SMILES string of the molecule is CNc1nc(-c2ccc(C(C)(C)C)s2)nc(C(C)C)c1I. The van der Waals surface area contributed by atoms with Gasteiger partial charge in [-0.2, -0.15) is 0 Å². The quantitative estimate of drug-likeness (QED) is 0.694. The van der Waals surface area contributed by atoms with Gasteiger partial charge in [0.2, 0.25) is 0 Å². The van der Waals surface area contributed by atoms with Gasteiger partial charge in [0.05, 0.1) is 14.1 Å². The monoisotopic (exact) mass is 415 g/mol. The van der Waals surface area contributed by atoms with Gasteiger partial charge in [0.1, 0.15) is 5.82 Å². The summed E-state index contributed by atoms with van der Waals surface area (Å²) in [5.74, 6) is 2.12. The smallest absolute Gasteiger partial charge is 0.171 e. The number of hydrogen-bond acceptors (Lipinski definition) is 4. The number of rotatable bonds is 3. The van der Waals surface area contributed by atoms with E-state index in [1.165, 1.54) is 4.88 Å². The second kappa shape index (κ2) is 6.20. The van der Waals surface area contributed by atoms with Crippen molar-refractivity contribution in [3.8, 4) is 10.7 Å². The largest absolute Gasteiger partial charge is 0.372 e. The molecule has 5 heteroatoms. The van der Waals surface area contributed by atoms with Crippen molar-refractivity contribution in [2.75, 3.05) is 12.4 Å². The molecule has 2 heterocycles. The van der Waals surface area contributed by atoms with Crippen LogP contribution < -0.4 is 5.32 Å². The highest BCUT2D eigenvalue weighted by molar-refractivity contribution is 14.1. The molecule has 21 heavy (non-hydrogen) atoms. The van der Waals surface area contributed by atoms with Gasteiger partial charge >= 0.3 is 0 Å². The van der Waals surface area contributed by atoms with E-state index in [1.807, 2.05) is 7.05 Å². The first-order valence-electron chi connectivity index (χ1n) is 7.10. The Bertz CT molecular complexity index is 641. The molecule has 0 fully saturated rings. The molecule has 0 aromatic carbocycles. The van der Waals surface area contributed by atoms with Gasteiger partial charge in [-0.05, 0) is 46.1 Å². The van der Waals surface area contributed by atoms with Crippen LogP contribution in [0.4, 0.5) is 5.82 Å². The minimum atomic E-state index is 0.166. The van der Waals surface area contributed by atoms with Crippen LogP contribution in [-0.4, -0.2) is 17.0 Å². The molecule has 114 valence electrons. The first-order valence-corrected chi connectivity index (χ1v) is 8.99. The number of thiophene rings is 1. The van der Waals surface area contributed by atoms with E-state index in [4.69, 9.17) is 4.98 Å². The van der Waals surface area contributed by atoms with Crippen molar-refractivity contribution in [1.82, 2.24) is 9.97 Å². The predicted octanol–water partition coefficient (Wildman–Crippen LogP) is 5.27. The van der Waals surface area contributed by atoms with Crippen molar-refractivity contribution >= 4 is 39.7 Å². The summed E-state index contributed by atoms with van der Waals surface area (Å²) in [5.41, 5.74) is 1.27. The average molecular weight is 415 g/mol. The summed E-state index contributed by atoms with van der Waals surface area (Å²) in [6, 6.07) is 4.33. The molecular weight excluding hydrogens is 393 g/mol. The van der Waals surface area contributed by atoms with Crippen molar-refractivity contribution in [2.24, 2.45) is 0 Å². The Morgan fingerprint density at radius 3 is 2.33 bits per heavy atom. The zero-order valence-electron chi connectivity index (χ0n) is 13.4. The first kappa shape index (κ1) is 16.7. The molecule has 0 aliphatic carbocycles. The van der Waals surface area contributed by atoms with Gasteiger partial charge in [-0.1, -0.05) is 34.6 Å². The van der Waals surface area contributed by atoms with Crippen LogP contribution in [0.25, 0.3) is 10.7 Å². The second-order valence-electron chi connectivity index (χ2n) is 6.41. The normalized spacial score (nSPS) is 12.0. The fraction of sp³-hybridized carbons (Fsp3) is 0.500. The molecule has 0 spiro atoms. The van der Waals surface area contributed by atoms with E-state index >= 15 is 0 Å². The van der Waals surface area contributed by atoms with Crippen LogP contribution in [0.1, 0.15) is 51.1 Å². The fourth-order valence-corrected chi connectivity index (χ4v) is 4.12. The summed E-state index contributed by atoms with van der Waals surface area (Å²) in [7, 11) is 1.91. The van der Waals surface area contributed by atoms with Crippen LogP contribution >= 0.6 is 33.9 Å². The summed E-state index contributed by atoms with van der Waals surface area (Å²) >= 11 is 4.11. The van der Waals surface area contributed by atoms with Crippen molar-refractivity contribution < 1.29 is 0 Å². The van der Waals surface area contributed by atoms with Crippen molar-refractivity contribution in [3.05, 3.63) is 26.3 Å². The third-order valence-electron chi connectivity index (χ3n) is 3.23. The number of anilines is 1. The molecule has 0 saturated carbocycles. The van der Waals surface area contributed by atoms with Gasteiger partial charge in [-0.15, -0.1) is 11.3 Å². The summed E-state index contributed by atoms with van der Waals surface area (Å²) < 4.78 is 1.11. The van der Waals surface area contributed by atoms with Gasteiger partial charge in [-0.3, -0.25) is 0 Å². The van der Waals surface area contributed by atoms with Gasteiger partial charge in [0, 0.05) is 11.9 Å². The molecule has 2 aromatic heterocycles.